The predicted octanol–water partition coefficient (Wildman–Crippen LogP) is 5.32. The number of hydrogen-bond donors (Lipinski definition) is 3. The first-order chi connectivity index (χ1) is 16.8. The quantitative estimate of drug-likeness (QED) is 0.335. The smallest absolute Gasteiger partial charge is 0.393 e. The number of carbonyl (C=O) groups excluding carboxylic acids is 1. The Balaban J connectivity index is 1.84. The number of piperidine rings is 1. The maximum Gasteiger partial charge on any atom is 0.417 e. The highest BCUT2D eigenvalue weighted by Gasteiger charge is 2.46. The Bertz CT molecular complexity index is 1120. The highest BCUT2D eigenvalue weighted by Crippen LogP contribution is 2.35. The third-order valence-corrected chi connectivity index (χ3v) is 6.10. The lowest BCUT2D eigenvalue weighted by molar-refractivity contribution is -0.145. The first-order valence-electron chi connectivity index (χ1n) is 11.0. The number of nitrogens with zero attached hydrogens (tertiary/aromatic N) is 2. The third-order valence-electron chi connectivity index (χ3n) is 5.85. The van der Waals surface area contributed by atoms with Gasteiger partial charge >= 0.3 is 6.18 Å². The maximum atomic E-state index is 14.5. The molecule has 1 aliphatic rings. The van der Waals surface area contributed by atoms with Gasteiger partial charge in [-0.25, -0.2) is 13.8 Å². The van der Waals surface area contributed by atoms with Crippen LogP contribution in [0.2, 0.25) is 5.02 Å². The average molecular weight is 530 g/mol. The van der Waals surface area contributed by atoms with E-state index in [0.29, 0.717) is 16.8 Å². The van der Waals surface area contributed by atoms with Crippen LogP contribution in [0.3, 0.4) is 0 Å². The molecule has 3 N–H and O–H groups in total. The molecule has 1 amide bonds. The van der Waals surface area contributed by atoms with Crippen molar-refractivity contribution in [1.29, 1.82) is 5.41 Å². The van der Waals surface area contributed by atoms with Gasteiger partial charge in [-0.15, -0.1) is 0 Å². The minimum Gasteiger partial charge on any atom is -0.393 e. The van der Waals surface area contributed by atoms with Crippen LogP contribution in [-0.4, -0.2) is 53.6 Å². The van der Waals surface area contributed by atoms with E-state index >= 15 is 0 Å². The molecule has 0 radical (unpaired) electrons. The van der Waals surface area contributed by atoms with Crippen LogP contribution in [0.5, 0.6) is 0 Å². The first kappa shape index (κ1) is 27.4. The van der Waals surface area contributed by atoms with Crippen molar-refractivity contribution < 1.29 is 26.7 Å². The van der Waals surface area contributed by atoms with Crippen LogP contribution < -0.4 is 10.6 Å². The topological polar surface area (TPSA) is 81.1 Å². The van der Waals surface area contributed by atoms with Gasteiger partial charge in [0.2, 0.25) is 0 Å². The summed E-state index contributed by atoms with van der Waals surface area (Å²) in [4.78, 5) is 18.1. The van der Waals surface area contributed by atoms with E-state index in [1.54, 1.807) is 38.2 Å². The summed E-state index contributed by atoms with van der Waals surface area (Å²) in [6, 6.07) is 7.60. The second kappa shape index (κ2) is 10.8. The van der Waals surface area contributed by atoms with Crippen molar-refractivity contribution in [3.05, 3.63) is 64.9 Å². The summed E-state index contributed by atoms with van der Waals surface area (Å²) in [5.74, 6) is -4.62. The van der Waals surface area contributed by atoms with Gasteiger partial charge in [0.15, 0.2) is 0 Å². The van der Waals surface area contributed by atoms with E-state index in [0.717, 1.165) is 17.0 Å². The monoisotopic (exact) mass is 529 g/mol. The molecule has 12 heteroatoms. The van der Waals surface area contributed by atoms with Crippen molar-refractivity contribution in [2.24, 2.45) is 5.92 Å². The molecular weight excluding hydrogens is 505 g/mol. The number of likely N-dealkylation sites (tertiary alicyclic amines) is 1. The van der Waals surface area contributed by atoms with Crippen molar-refractivity contribution in [2.75, 3.05) is 25.5 Å². The molecule has 194 valence electrons. The Morgan fingerprint density at radius 2 is 1.92 bits per heavy atom. The number of halogens is 6. The van der Waals surface area contributed by atoms with E-state index in [1.165, 1.54) is 6.20 Å². The van der Waals surface area contributed by atoms with Crippen molar-refractivity contribution in [3.63, 3.8) is 0 Å². The van der Waals surface area contributed by atoms with Crippen LogP contribution in [-0.2, 0) is 11.0 Å². The number of amides is 1. The number of rotatable bonds is 7. The van der Waals surface area contributed by atoms with E-state index in [1.807, 2.05) is 0 Å². The van der Waals surface area contributed by atoms with Crippen LogP contribution in [0.1, 0.15) is 24.5 Å². The molecule has 1 aromatic carbocycles. The van der Waals surface area contributed by atoms with Gasteiger partial charge in [-0.3, -0.25) is 10.2 Å². The minimum absolute atomic E-state index is 0.0410. The van der Waals surface area contributed by atoms with E-state index in [2.05, 4.69) is 15.6 Å². The van der Waals surface area contributed by atoms with E-state index < -0.39 is 54.2 Å². The Kier molecular flexibility index (Phi) is 8.22. The van der Waals surface area contributed by atoms with Crippen molar-refractivity contribution in [3.8, 4) is 0 Å². The largest absolute Gasteiger partial charge is 0.417 e. The highest BCUT2D eigenvalue weighted by atomic mass is 35.5. The third kappa shape index (κ3) is 6.51. The van der Waals surface area contributed by atoms with Gasteiger partial charge in [0.05, 0.1) is 18.2 Å². The zero-order chi connectivity index (χ0) is 26.7. The Hall–Kier alpha value is -3.21. The minimum atomic E-state index is -4.54. The number of hydrogen-bond acceptors (Lipinski definition) is 5. The molecule has 0 saturated carbocycles. The van der Waals surface area contributed by atoms with Gasteiger partial charge in [-0.05, 0) is 35.7 Å². The predicted molar refractivity (Wildman–Crippen MR) is 128 cm³/mol. The number of pyridine rings is 1. The van der Waals surface area contributed by atoms with Crippen molar-refractivity contribution >= 4 is 34.6 Å². The second-order valence-corrected chi connectivity index (χ2v) is 9.01. The Morgan fingerprint density at radius 3 is 2.47 bits per heavy atom. The lowest BCUT2D eigenvalue weighted by Gasteiger charge is -2.43. The Morgan fingerprint density at radius 1 is 1.25 bits per heavy atom. The van der Waals surface area contributed by atoms with Gasteiger partial charge in [0, 0.05) is 43.0 Å². The van der Waals surface area contributed by atoms with E-state index in [-0.39, 0.29) is 17.9 Å². The normalized spacial score (nSPS) is 20.1. The lowest BCUT2D eigenvalue weighted by Crippen LogP contribution is -2.58. The molecule has 0 aliphatic carbocycles. The average Bonchev–Trinajstić information content (AvgIpc) is 2.80. The molecule has 3 rings (SSSR count). The lowest BCUT2D eigenvalue weighted by atomic mass is 9.87. The fraction of sp³-hybridized carbons (Fsp3) is 0.375. The van der Waals surface area contributed by atoms with Crippen LogP contribution in [0.4, 0.5) is 27.8 Å². The molecule has 0 spiro atoms. The summed E-state index contributed by atoms with van der Waals surface area (Å²) in [7, 11) is 1.58. The van der Waals surface area contributed by atoms with E-state index in [4.69, 9.17) is 17.0 Å². The fourth-order valence-corrected chi connectivity index (χ4v) is 4.21. The SMILES string of the molecule is CN/C=C(\C(=N)C(=O)N1CC(F)(F)CC(C)C1CNc1ccc(C(F)(F)F)cn1)c1ccc(Cl)cc1. The van der Waals surface area contributed by atoms with Crippen molar-refractivity contribution in [1.82, 2.24) is 15.2 Å². The highest BCUT2D eigenvalue weighted by molar-refractivity contribution is 6.54. The van der Waals surface area contributed by atoms with Gasteiger partial charge in [-0.1, -0.05) is 30.7 Å². The number of anilines is 1. The second-order valence-electron chi connectivity index (χ2n) is 8.58. The molecule has 1 fully saturated rings. The van der Waals surface area contributed by atoms with E-state index in [9.17, 15) is 26.7 Å². The molecule has 2 unspecified atom stereocenters. The fourth-order valence-electron chi connectivity index (χ4n) is 4.09. The van der Waals surface area contributed by atoms with Gasteiger partial charge in [0.25, 0.3) is 11.8 Å². The molecule has 2 atom stereocenters. The summed E-state index contributed by atoms with van der Waals surface area (Å²) in [5.41, 5.74) is -0.728. The number of nitrogens with one attached hydrogen (secondary N) is 3. The van der Waals surface area contributed by atoms with Crippen LogP contribution in [0, 0.1) is 11.3 Å². The van der Waals surface area contributed by atoms with Crippen LogP contribution in [0.15, 0.2) is 48.8 Å². The van der Waals surface area contributed by atoms with Crippen LogP contribution >= 0.6 is 11.6 Å². The zero-order valence-corrected chi connectivity index (χ0v) is 20.2. The number of alkyl halides is 5. The molecule has 1 saturated heterocycles. The Labute approximate surface area is 210 Å². The molecule has 2 heterocycles. The zero-order valence-electron chi connectivity index (χ0n) is 19.5. The number of aromatic nitrogens is 1. The summed E-state index contributed by atoms with van der Waals surface area (Å²) in [6.07, 6.45) is -2.93. The van der Waals surface area contributed by atoms with Gasteiger partial charge < -0.3 is 15.5 Å². The summed E-state index contributed by atoms with van der Waals surface area (Å²) in [6.45, 7) is 0.631. The number of benzene rings is 1. The van der Waals surface area contributed by atoms with Gasteiger partial charge in [0.1, 0.15) is 11.5 Å². The molecule has 2 aromatic rings. The van der Waals surface area contributed by atoms with Crippen LogP contribution in [0.25, 0.3) is 5.57 Å². The molecule has 0 bridgehead atoms. The summed E-state index contributed by atoms with van der Waals surface area (Å²) in [5, 5.41) is 14.6. The molecule has 1 aromatic heterocycles. The number of carbonyl (C=O) groups is 1. The molecular formula is C24H25ClF5N5O. The molecule has 36 heavy (non-hydrogen) atoms. The van der Waals surface area contributed by atoms with Gasteiger partial charge in [-0.2, -0.15) is 13.2 Å². The molecule has 6 nitrogen and oxygen atoms in total. The maximum absolute atomic E-state index is 14.5. The standard InChI is InChI=1S/C24H25ClF5N5O/c1-14-9-23(26,27)13-35(19(14)12-34-20-8-5-16(10-33-20)24(28,29)30)22(36)21(31)18(11-32-2)15-3-6-17(25)7-4-15/h3-8,10-11,14,19,31-32H,9,12-13H2,1-2H3,(H,33,34)/b18-11-,31-21?. The summed E-state index contributed by atoms with van der Waals surface area (Å²) >= 11 is 5.92. The van der Waals surface area contributed by atoms with Crippen molar-refractivity contribution in [2.45, 2.75) is 31.5 Å². The molecule has 1 aliphatic heterocycles. The first-order valence-corrected chi connectivity index (χ1v) is 11.4. The summed E-state index contributed by atoms with van der Waals surface area (Å²) < 4.78 is 67.3.